The SMILES string of the molecule is CC(C)(C)C(=O)NNC(=O)c1cc(N=[N+]=[N-])ccc1COC(=O)ON1C(=O)CCC1=O. The molecule has 4 amide bonds. The van der Waals surface area contributed by atoms with Gasteiger partial charge in [-0.3, -0.25) is 34.9 Å². The zero-order valence-electron chi connectivity index (χ0n) is 17.0. The average Bonchev–Trinajstić information content (AvgIpc) is 3.02. The van der Waals surface area contributed by atoms with E-state index in [9.17, 15) is 24.0 Å². The Morgan fingerprint density at radius 3 is 2.39 bits per heavy atom. The van der Waals surface area contributed by atoms with Crippen molar-refractivity contribution in [3.63, 3.8) is 0 Å². The van der Waals surface area contributed by atoms with Crippen LogP contribution in [-0.2, 0) is 30.6 Å². The van der Waals surface area contributed by atoms with Crippen molar-refractivity contribution in [1.29, 1.82) is 0 Å². The van der Waals surface area contributed by atoms with Crippen LogP contribution >= 0.6 is 0 Å². The van der Waals surface area contributed by atoms with Gasteiger partial charge in [0.15, 0.2) is 0 Å². The molecule has 0 aliphatic carbocycles. The Morgan fingerprint density at radius 1 is 1.16 bits per heavy atom. The van der Waals surface area contributed by atoms with Crippen LogP contribution < -0.4 is 10.9 Å². The Kier molecular flexibility index (Phi) is 7.16. The largest absolute Gasteiger partial charge is 0.534 e. The van der Waals surface area contributed by atoms with Crippen molar-refractivity contribution in [2.45, 2.75) is 40.2 Å². The first-order valence-corrected chi connectivity index (χ1v) is 9.02. The van der Waals surface area contributed by atoms with Crippen molar-refractivity contribution in [3.8, 4) is 0 Å². The molecule has 164 valence electrons. The lowest BCUT2D eigenvalue weighted by Gasteiger charge is -2.18. The zero-order chi connectivity index (χ0) is 23.2. The third-order valence-electron chi connectivity index (χ3n) is 3.99. The second-order valence-electron chi connectivity index (χ2n) is 7.40. The lowest BCUT2D eigenvalue weighted by molar-refractivity contribution is -0.177. The Hall–Kier alpha value is -4.12. The van der Waals surface area contributed by atoms with E-state index in [-0.39, 0.29) is 29.7 Å². The minimum absolute atomic E-state index is 0.0553. The van der Waals surface area contributed by atoms with Crippen molar-refractivity contribution in [2.24, 2.45) is 10.5 Å². The van der Waals surface area contributed by atoms with Gasteiger partial charge in [-0.15, -0.1) is 0 Å². The molecule has 0 saturated carbocycles. The van der Waals surface area contributed by atoms with E-state index >= 15 is 0 Å². The monoisotopic (exact) mass is 432 g/mol. The number of hydrogen-bond acceptors (Lipinski definition) is 8. The summed E-state index contributed by atoms with van der Waals surface area (Å²) in [7, 11) is 0. The normalized spacial score (nSPS) is 13.3. The first-order chi connectivity index (χ1) is 14.5. The van der Waals surface area contributed by atoms with E-state index in [0.29, 0.717) is 5.06 Å². The second-order valence-corrected chi connectivity index (χ2v) is 7.40. The summed E-state index contributed by atoms with van der Waals surface area (Å²) in [5.41, 5.74) is 12.6. The number of benzene rings is 1. The van der Waals surface area contributed by atoms with Crippen molar-refractivity contribution < 1.29 is 33.5 Å². The molecular formula is C18H20N6O7. The fourth-order valence-corrected chi connectivity index (χ4v) is 2.28. The molecule has 0 unspecified atom stereocenters. The predicted molar refractivity (Wildman–Crippen MR) is 103 cm³/mol. The molecule has 1 saturated heterocycles. The van der Waals surface area contributed by atoms with E-state index in [2.05, 4.69) is 25.7 Å². The lowest BCUT2D eigenvalue weighted by Crippen LogP contribution is -2.46. The average molecular weight is 432 g/mol. The number of rotatable bonds is 5. The van der Waals surface area contributed by atoms with Crippen molar-refractivity contribution >= 4 is 35.5 Å². The first-order valence-electron chi connectivity index (χ1n) is 9.02. The molecule has 0 radical (unpaired) electrons. The molecule has 1 aliphatic rings. The number of amides is 4. The van der Waals surface area contributed by atoms with Crippen LogP contribution in [-0.4, -0.2) is 34.8 Å². The van der Waals surface area contributed by atoms with Crippen LogP contribution in [0.1, 0.15) is 49.5 Å². The summed E-state index contributed by atoms with van der Waals surface area (Å²) >= 11 is 0. The van der Waals surface area contributed by atoms with Crippen LogP contribution in [0, 0.1) is 5.41 Å². The molecule has 0 atom stereocenters. The number of imide groups is 1. The van der Waals surface area contributed by atoms with Gasteiger partial charge in [0.25, 0.3) is 17.7 Å². The Morgan fingerprint density at radius 2 is 1.81 bits per heavy atom. The van der Waals surface area contributed by atoms with Crippen LogP contribution in [0.25, 0.3) is 10.4 Å². The van der Waals surface area contributed by atoms with Gasteiger partial charge in [0.05, 0.1) is 0 Å². The zero-order valence-corrected chi connectivity index (χ0v) is 17.0. The molecule has 2 N–H and O–H groups in total. The van der Waals surface area contributed by atoms with E-state index in [4.69, 9.17) is 10.3 Å². The summed E-state index contributed by atoms with van der Waals surface area (Å²) in [4.78, 5) is 66.5. The molecule has 1 fully saturated rings. The highest BCUT2D eigenvalue weighted by atomic mass is 16.8. The van der Waals surface area contributed by atoms with Gasteiger partial charge in [-0.1, -0.05) is 43.1 Å². The predicted octanol–water partition coefficient (Wildman–Crippen LogP) is 2.15. The topological polar surface area (TPSA) is 180 Å². The van der Waals surface area contributed by atoms with Gasteiger partial charge in [-0.05, 0) is 11.6 Å². The molecule has 1 aromatic rings. The van der Waals surface area contributed by atoms with E-state index in [1.807, 2.05) is 0 Å². The third-order valence-corrected chi connectivity index (χ3v) is 3.99. The molecular weight excluding hydrogens is 412 g/mol. The first kappa shape index (κ1) is 23.2. The number of nitrogens with one attached hydrogen (secondary N) is 2. The molecule has 0 bridgehead atoms. The summed E-state index contributed by atoms with van der Waals surface area (Å²) < 4.78 is 4.88. The minimum atomic E-state index is -1.32. The molecule has 1 aliphatic heterocycles. The highest BCUT2D eigenvalue weighted by Gasteiger charge is 2.33. The van der Waals surface area contributed by atoms with Crippen LogP contribution in [0.2, 0.25) is 0 Å². The number of ether oxygens (including phenoxy) is 1. The quantitative estimate of drug-likeness (QED) is 0.178. The highest BCUT2D eigenvalue weighted by molar-refractivity contribution is 6.01. The summed E-state index contributed by atoms with van der Waals surface area (Å²) in [6.45, 7) is 4.48. The summed E-state index contributed by atoms with van der Waals surface area (Å²) in [5, 5.41) is 3.73. The molecule has 0 aromatic heterocycles. The molecule has 1 aromatic carbocycles. The number of carbonyl (C=O) groups is 5. The van der Waals surface area contributed by atoms with Crippen molar-refractivity contribution in [1.82, 2.24) is 15.9 Å². The molecule has 13 nitrogen and oxygen atoms in total. The van der Waals surface area contributed by atoms with E-state index in [0.717, 1.165) is 0 Å². The van der Waals surface area contributed by atoms with E-state index in [1.54, 1.807) is 20.8 Å². The number of azide groups is 1. The Balaban J connectivity index is 2.11. The van der Waals surface area contributed by atoms with Crippen LogP contribution in [0.5, 0.6) is 0 Å². The Bertz CT molecular complexity index is 962. The van der Waals surface area contributed by atoms with E-state index in [1.165, 1.54) is 18.2 Å². The van der Waals surface area contributed by atoms with E-state index < -0.39 is 41.8 Å². The molecule has 0 spiro atoms. The molecule has 31 heavy (non-hydrogen) atoms. The van der Waals surface area contributed by atoms with Gasteiger partial charge < -0.3 is 4.74 Å². The van der Waals surface area contributed by atoms with Crippen molar-refractivity contribution in [2.75, 3.05) is 0 Å². The highest BCUT2D eigenvalue weighted by Crippen LogP contribution is 2.20. The molecule has 2 rings (SSSR count). The maximum Gasteiger partial charge on any atom is 0.534 e. The van der Waals surface area contributed by atoms with Gasteiger partial charge in [-0.2, -0.15) is 0 Å². The summed E-state index contributed by atoms with van der Waals surface area (Å²) in [5.74, 6) is -2.55. The van der Waals surface area contributed by atoms with Gasteiger partial charge in [-0.25, -0.2) is 4.79 Å². The third kappa shape index (κ3) is 6.18. The fourth-order valence-electron chi connectivity index (χ4n) is 2.28. The van der Waals surface area contributed by atoms with Gasteiger partial charge in [0.2, 0.25) is 5.91 Å². The van der Waals surface area contributed by atoms with Gasteiger partial charge in [0.1, 0.15) is 6.61 Å². The van der Waals surface area contributed by atoms with Crippen molar-refractivity contribution in [3.05, 3.63) is 39.8 Å². The number of hydrazine groups is 1. The smallest absolute Gasteiger partial charge is 0.428 e. The van der Waals surface area contributed by atoms with Gasteiger partial charge >= 0.3 is 6.16 Å². The fraction of sp³-hybridized carbons (Fsp3) is 0.389. The second kappa shape index (κ2) is 9.59. The summed E-state index contributed by atoms with van der Waals surface area (Å²) in [6.07, 6.45) is -1.47. The summed E-state index contributed by atoms with van der Waals surface area (Å²) in [6, 6.07) is 3.97. The van der Waals surface area contributed by atoms with Crippen LogP contribution in [0.15, 0.2) is 23.3 Å². The standard InChI is InChI=1S/C18H20N6O7/c1-18(2,3)16(28)22-21-15(27)12-8-11(20-23-19)5-4-10(12)9-30-17(29)31-24-13(25)6-7-14(24)26/h4-5,8H,6-7,9H2,1-3H3,(H,21,27)(H,22,28). The van der Waals surface area contributed by atoms with Crippen LogP contribution in [0.3, 0.4) is 0 Å². The van der Waals surface area contributed by atoms with Crippen LogP contribution in [0.4, 0.5) is 10.5 Å². The number of carbonyl (C=O) groups excluding carboxylic acids is 5. The molecule has 1 heterocycles. The maximum absolute atomic E-state index is 12.5. The van der Waals surface area contributed by atoms with Gasteiger partial charge in [0, 0.05) is 40.0 Å². The number of hydroxylamine groups is 2. The maximum atomic E-state index is 12.5. The number of nitrogens with zero attached hydrogens (tertiary/aromatic N) is 4. The molecule has 13 heteroatoms. The lowest BCUT2D eigenvalue weighted by atomic mass is 9.96. The number of hydrogen-bond donors (Lipinski definition) is 2. The minimum Gasteiger partial charge on any atom is -0.428 e. The Labute approximate surface area is 176 Å².